The van der Waals surface area contributed by atoms with E-state index in [4.69, 9.17) is 5.84 Å². The molecule has 8 nitrogen and oxygen atoms in total. The molecule has 1 heterocycles. The van der Waals surface area contributed by atoms with Crippen LogP contribution in [-0.2, 0) is 0 Å². The van der Waals surface area contributed by atoms with Gasteiger partial charge in [0.2, 0.25) is 11.6 Å². The Hall–Kier alpha value is -2.17. The zero-order chi connectivity index (χ0) is 14.6. The smallest absolute Gasteiger partial charge is 0.361 e. The molecule has 0 saturated carbocycles. The molecule has 0 radical (unpaired) electrons. The molecular weight excluding hydrogens is 269 g/mol. The Morgan fingerprint density at radius 3 is 2.53 bits per heavy atom. The molecule has 0 aliphatic carbocycles. The highest BCUT2D eigenvalue weighted by Crippen LogP contribution is 2.30. The van der Waals surface area contributed by atoms with Crippen LogP contribution in [-0.4, -0.2) is 27.1 Å². The Labute approximate surface area is 105 Å². The van der Waals surface area contributed by atoms with Crippen molar-refractivity contribution in [1.29, 1.82) is 0 Å². The molecule has 1 unspecified atom stereocenters. The quantitative estimate of drug-likeness (QED) is 0.424. The number of nitrogens with two attached hydrogens (primary N) is 1. The number of hydrogen-bond acceptors (Lipinski definition) is 7. The normalized spacial score (nSPS) is 12.9. The van der Waals surface area contributed by atoms with Gasteiger partial charge in [-0.3, -0.25) is 10.1 Å². The SMILES string of the molecule is CC(CC(F)(F)F)Nc1ncnc(NN)c1[N+](=O)[O-]. The maximum absolute atomic E-state index is 12.2. The summed E-state index contributed by atoms with van der Waals surface area (Å²) in [7, 11) is 0. The summed E-state index contributed by atoms with van der Waals surface area (Å²) in [5, 5.41) is 13.2. The molecule has 0 aliphatic heterocycles. The summed E-state index contributed by atoms with van der Waals surface area (Å²) in [6.07, 6.45) is -4.59. The third-order valence-electron chi connectivity index (χ3n) is 2.06. The van der Waals surface area contributed by atoms with E-state index in [-0.39, 0.29) is 11.6 Å². The van der Waals surface area contributed by atoms with Crippen LogP contribution >= 0.6 is 0 Å². The van der Waals surface area contributed by atoms with E-state index in [1.165, 1.54) is 6.92 Å². The number of aromatic nitrogens is 2. The lowest BCUT2D eigenvalue weighted by Gasteiger charge is -2.16. The monoisotopic (exact) mass is 280 g/mol. The summed E-state index contributed by atoms with van der Waals surface area (Å²) in [4.78, 5) is 17.1. The molecule has 1 aromatic rings. The fourth-order valence-corrected chi connectivity index (χ4v) is 1.39. The van der Waals surface area contributed by atoms with Crippen LogP contribution in [0.2, 0.25) is 0 Å². The van der Waals surface area contributed by atoms with Crippen molar-refractivity contribution >= 4 is 17.3 Å². The molecule has 0 saturated heterocycles. The van der Waals surface area contributed by atoms with E-state index < -0.39 is 29.2 Å². The van der Waals surface area contributed by atoms with Crippen molar-refractivity contribution in [1.82, 2.24) is 9.97 Å². The predicted octanol–water partition coefficient (Wildman–Crippen LogP) is 1.42. The van der Waals surface area contributed by atoms with Crippen LogP contribution in [0.4, 0.5) is 30.5 Å². The van der Waals surface area contributed by atoms with Crippen molar-refractivity contribution in [3.8, 4) is 0 Å². The Balaban J connectivity index is 2.98. The minimum atomic E-state index is -4.39. The summed E-state index contributed by atoms with van der Waals surface area (Å²) in [5.41, 5.74) is 1.37. The highest BCUT2D eigenvalue weighted by molar-refractivity contribution is 5.68. The van der Waals surface area contributed by atoms with Crippen molar-refractivity contribution in [2.45, 2.75) is 25.6 Å². The van der Waals surface area contributed by atoms with Crippen LogP contribution in [0.15, 0.2) is 6.33 Å². The fourth-order valence-electron chi connectivity index (χ4n) is 1.39. The van der Waals surface area contributed by atoms with Gasteiger partial charge in [0.05, 0.1) is 11.3 Å². The molecule has 1 rings (SSSR count). The summed E-state index contributed by atoms with van der Waals surface area (Å²) < 4.78 is 36.5. The molecule has 0 fully saturated rings. The van der Waals surface area contributed by atoms with Crippen LogP contribution < -0.4 is 16.6 Å². The van der Waals surface area contributed by atoms with Gasteiger partial charge in [0.15, 0.2) is 0 Å². The number of alkyl halides is 3. The maximum Gasteiger partial charge on any atom is 0.391 e. The zero-order valence-corrected chi connectivity index (χ0v) is 9.73. The Morgan fingerprint density at radius 2 is 2.05 bits per heavy atom. The van der Waals surface area contributed by atoms with Gasteiger partial charge in [0.25, 0.3) is 0 Å². The first kappa shape index (κ1) is 14.9. The van der Waals surface area contributed by atoms with E-state index in [2.05, 4.69) is 15.3 Å². The predicted molar refractivity (Wildman–Crippen MR) is 60.3 cm³/mol. The molecule has 0 spiro atoms. The third-order valence-corrected chi connectivity index (χ3v) is 2.06. The lowest BCUT2D eigenvalue weighted by atomic mass is 10.2. The van der Waals surface area contributed by atoms with Gasteiger partial charge in [0, 0.05) is 6.04 Å². The first-order valence-corrected chi connectivity index (χ1v) is 5.04. The molecule has 0 aliphatic rings. The number of anilines is 2. The van der Waals surface area contributed by atoms with E-state index in [0.717, 1.165) is 6.33 Å². The van der Waals surface area contributed by atoms with Crippen molar-refractivity contribution < 1.29 is 18.1 Å². The maximum atomic E-state index is 12.2. The Bertz CT molecular complexity index is 466. The second-order valence-corrected chi connectivity index (χ2v) is 3.69. The molecule has 0 amide bonds. The highest BCUT2D eigenvalue weighted by atomic mass is 19.4. The molecule has 11 heteroatoms. The van der Waals surface area contributed by atoms with E-state index in [0.29, 0.717) is 0 Å². The number of nitrogen functional groups attached to an aromatic ring is 1. The summed E-state index contributed by atoms with van der Waals surface area (Å²) in [5.74, 6) is 4.42. The first-order valence-electron chi connectivity index (χ1n) is 5.04. The average molecular weight is 280 g/mol. The summed E-state index contributed by atoms with van der Waals surface area (Å²) >= 11 is 0. The number of nitro groups is 1. The van der Waals surface area contributed by atoms with Crippen molar-refractivity contribution in [3.63, 3.8) is 0 Å². The number of hydrogen-bond donors (Lipinski definition) is 3. The highest BCUT2D eigenvalue weighted by Gasteiger charge is 2.31. The van der Waals surface area contributed by atoms with Crippen LogP contribution in [0.1, 0.15) is 13.3 Å². The van der Waals surface area contributed by atoms with Crippen molar-refractivity contribution in [2.75, 3.05) is 10.7 Å². The van der Waals surface area contributed by atoms with Crippen LogP contribution in [0.25, 0.3) is 0 Å². The largest absolute Gasteiger partial charge is 0.391 e. The van der Waals surface area contributed by atoms with Crippen LogP contribution in [0.3, 0.4) is 0 Å². The number of hydrazine groups is 1. The molecule has 0 bridgehead atoms. The third kappa shape index (κ3) is 4.21. The van der Waals surface area contributed by atoms with Crippen molar-refractivity contribution in [2.24, 2.45) is 5.84 Å². The van der Waals surface area contributed by atoms with E-state index in [9.17, 15) is 23.3 Å². The van der Waals surface area contributed by atoms with Gasteiger partial charge >= 0.3 is 11.9 Å². The van der Waals surface area contributed by atoms with Crippen LogP contribution in [0.5, 0.6) is 0 Å². The lowest BCUT2D eigenvalue weighted by Crippen LogP contribution is -2.25. The Kier molecular flexibility index (Phi) is 4.43. The van der Waals surface area contributed by atoms with Gasteiger partial charge in [-0.2, -0.15) is 13.2 Å². The molecule has 1 atom stereocenters. The molecule has 4 N–H and O–H groups in total. The lowest BCUT2D eigenvalue weighted by molar-refractivity contribution is -0.383. The van der Waals surface area contributed by atoms with Gasteiger partial charge < -0.3 is 10.7 Å². The van der Waals surface area contributed by atoms with E-state index in [1.54, 1.807) is 0 Å². The van der Waals surface area contributed by atoms with Gasteiger partial charge in [-0.1, -0.05) is 0 Å². The average Bonchev–Trinajstić information content (AvgIpc) is 2.25. The van der Waals surface area contributed by atoms with E-state index in [1.807, 2.05) is 5.43 Å². The van der Waals surface area contributed by atoms with Gasteiger partial charge in [-0.25, -0.2) is 15.8 Å². The second-order valence-electron chi connectivity index (χ2n) is 3.69. The summed E-state index contributed by atoms with van der Waals surface area (Å²) in [6, 6.07) is -1.08. The molecular formula is C8H11F3N6O2. The number of rotatable bonds is 5. The molecule has 106 valence electrons. The van der Waals surface area contributed by atoms with Crippen molar-refractivity contribution in [3.05, 3.63) is 16.4 Å². The minimum Gasteiger partial charge on any atom is -0.361 e. The van der Waals surface area contributed by atoms with Gasteiger partial charge in [-0.15, -0.1) is 0 Å². The zero-order valence-electron chi connectivity index (χ0n) is 9.73. The number of nitrogens with zero attached hydrogens (tertiary/aromatic N) is 3. The first-order chi connectivity index (χ1) is 8.74. The van der Waals surface area contributed by atoms with Gasteiger partial charge in [0.1, 0.15) is 6.33 Å². The van der Waals surface area contributed by atoms with Crippen LogP contribution in [0, 0.1) is 10.1 Å². The minimum absolute atomic E-state index is 0.290. The number of halogens is 3. The molecule has 19 heavy (non-hydrogen) atoms. The fraction of sp³-hybridized carbons (Fsp3) is 0.500. The van der Waals surface area contributed by atoms with Gasteiger partial charge in [-0.05, 0) is 6.92 Å². The topological polar surface area (TPSA) is 119 Å². The Morgan fingerprint density at radius 1 is 1.47 bits per heavy atom. The number of nitrogens with one attached hydrogen (secondary N) is 2. The molecule has 0 aromatic carbocycles. The second kappa shape index (κ2) is 5.65. The summed E-state index contributed by atoms with van der Waals surface area (Å²) in [6.45, 7) is 1.23. The molecule has 1 aromatic heterocycles. The van der Waals surface area contributed by atoms with E-state index >= 15 is 0 Å². The standard InChI is InChI=1S/C8H11F3N6O2/c1-4(2-8(9,10)11)15-6-5(17(18)19)7(16-12)14-3-13-6/h3-4H,2,12H2,1H3,(H2,13,14,15,16).